The highest BCUT2D eigenvalue weighted by atomic mass is 16.5. The van der Waals surface area contributed by atoms with Crippen molar-refractivity contribution in [2.24, 2.45) is 34.0 Å². The fourth-order valence-electron chi connectivity index (χ4n) is 7.83. The van der Waals surface area contributed by atoms with Gasteiger partial charge in [0.1, 0.15) is 6.10 Å². The van der Waals surface area contributed by atoms with Crippen LogP contribution in [0.2, 0.25) is 0 Å². The van der Waals surface area contributed by atoms with Gasteiger partial charge in [0.25, 0.3) is 0 Å². The van der Waals surface area contributed by atoms with Gasteiger partial charge < -0.3 is 20.1 Å². The van der Waals surface area contributed by atoms with Crippen LogP contribution in [-0.2, 0) is 14.3 Å². The fourth-order valence-corrected chi connectivity index (χ4v) is 7.83. The highest BCUT2D eigenvalue weighted by molar-refractivity contribution is 6.03. The number of allylic oxidation sites excluding steroid dienone is 1. The Bertz CT molecular complexity index is 743. The summed E-state index contributed by atoms with van der Waals surface area (Å²) in [7, 11) is 0. The van der Waals surface area contributed by atoms with E-state index in [1.54, 1.807) is 0 Å². The molecular formula is C22H32O6. The fraction of sp³-hybridized carbons (Fsp3) is 0.818. The van der Waals surface area contributed by atoms with E-state index in [1.165, 1.54) is 6.92 Å². The van der Waals surface area contributed by atoms with Gasteiger partial charge in [-0.15, -0.1) is 0 Å². The molecule has 0 aliphatic heterocycles. The van der Waals surface area contributed by atoms with Crippen molar-refractivity contribution in [3.8, 4) is 0 Å². The Kier molecular flexibility index (Phi) is 4.22. The van der Waals surface area contributed by atoms with Gasteiger partial charge in [0.15, 0.2) is 5.78 Å². The first kappa shape index (κ1) is 20.0. The van der Waals surface area contributed by atoms with Crippen LogP contribution in [0, 0.1) is 34.0 Å². The minimum absolute atomic E-state index is 0.0491. The first-order valence-electron chi connectivity index (χ1n) is 10.3. The van der Waals surface area contributed by atoms with Gasteiger partial charge in [0, 0.05) is 36.0 Å². The summed E-state index contributed by atoms with van der Waals surface area (Å²) in [6, 6.07) is 0. The Hall–Kier alpha value is -1.24. The van der Waals surface area contributed by atoms with E-state index in [9.17, 15) is 24.9 Å². The number of esters is 1. The Morgan fingerprint density at radius 1 is 1.07 bits per heavy atom. The van der Waals surface area contributed by atoms with Gasteiger partial charge >= 0.3 is 5.97 Å². The highest BCUT2D eigenvalue weighted by Crippen LogP contribution is 2.71. The molecule has 0 heterocycles. The van der Waals surface area contributed by atoms with E-state index in [1.807, 2.05) is 20.8 Å². The summed E-state index contributed by atoms with van der Waals surface area (Å²) < 4.78 is 5.75. The second-order valence-corrected chi connectivity index (χ2v) is 10.5. The quantitative estimate of drug-likeness (QED) is 0.463. The lowest BCUT2D eigenvalue weighted by Gasteiger charge is -2.67. The van der Waals surface area contributed by atoms with Crippen LogP contribution in [-0.4, -0.2) is 51.5 Å². The third-order valence-corrected chi connectivity index (χ3v) is 8.77. The summed E-state index contributed by atoms with van der Waals surface area (Å²) in [6.45, 7) is 11.1. The number of hydrogen-bond donors (Lipinski definition) is 3. The lowest BCUT2D eigenvalue weighted by Crippen LogP contribution is -2.72. The Balaban J connectivity index is 1.93. The predicted octanol–water partition coefficient (Wildman–Crippen LogP) is 1.61. The van der Waals surface area contributed by atoms with Crippen molar-refractivity contribution in [1.29, 1.82) is 0 Å². The number of carbonyl (C=O) groups is 2. The number of Topliss-reactive ketones (excluding diaryl/α,β-unsaturated/α-hetero) is 1. The molecule has 2 bridgehead atoms. The third kappa shape index (κ3) is 2.25. The first-order chi connectivity index (χ1) is 12.9. The van der Waals surface area contributed by atoms with Gasteiger partial charge in [-0.2, -0.15) is 0 Å². The molecule has 4 fully saturated rings. The molecule has 4 aliphatic rings. The van der Waals surface area contributed by atoms with Gasteiger partial charge in [-0.25, -0.2) is 0 Å². The number of aliphatic hydroxyl groups is 3. The molecule has 6 nitrogen and oxygen atoms in total. The summed E-state index contributed by atoms with van der Waals surface area (Å²) in [6.07, 6.45) is -1.50. The van der Waals surface area contributed by atoms with E-state index in [4.69, 9.17) is 4.74 Å². The molecule has 1 spiro atoms. The van der Waals surface area contributed by atoms with Crippen LogP contribution in [0.3, 0.4) is 0 Å². The largest absolute Gasteiger partial charge is 0.462 e. The van der Waals surface area contributed by atoms with Gasteiger partial charge in [-0.05, 0) is 36.2 Å². The zero-order chi connectivity index (χ0) is 20.8. The number of fused-ring (bicyclic) bond motifs is 3. The lowest BCUT2D eigenvalue weighted by atomic mass is 9.38. The zero-order valence-electron chi connectivity index (χ0n) is 17.1. The average molecular weight is 392 g/mol. The summed E-state index contributed by atoms with van der Waals surface area (Å²) in [5, 5.41) is 33.1. The predicted molar refractivity (Wildman–Crippen MR) is 101 cm³/mol. The van der Waals surface area contributed by atoms with Crippen molar-refractivity contribution in [3.05, 3.63) is 12.2 Å². The van der Waals surface area contributed by atoms with Crippen LogP contribution in [0.15, 0.2) is 12.2 Å². The molecule has 0 unspecified atom stereocenters. The monoisotopic (exact) mass is 392 g/mol. The molecular weight excluding hydrogens is 360 g/mol. The minimum Gasteiger partial charge on any atom is -0.462 e. The molecule has 0 amide bonds. The molecule has 0 aromatic heterocycles. The molecule has 156 valence electrons. The van der Waals surface area contributed by atoms with Crippen LogP contribution >= 0.6 is 0 Å². The van der Waals surface area contributed by atoms with Crippen LogP contribution < -0.4 is 0 Å². The van der Waals surface area contributed by atoms with Crippen LogP contribution in [0.5, 0.6) is 0 Å². The molecule has 28 heavy (non-hydrogen) atoms. The van der Waals surface area contributed by atoms with Crippen LogP contribution in [0.1, 0.15) is 53.4 Å². The molecule has 4 saturated carbocycles. The maximum absolute atomic E-state index is 13.4. The maximum atomic E-state index is 13.4. The summed E-state index contributed by atoms with van der Waals surface area (Å²) in [5.74, 6) is -1.39. The topological polar surface area (TPSA) is 104 Å². The maximum Gasteiger partial charge on any atom is 0.302 e. The van der Waals surface area contributed by atoms with Crippen molar-refractivity contribution in [1.82, 2.24) is 0 Å². The van der Waals surface area contributed by atoms with Crippen LogP contribution in [0.25, 0.3) is 0 Å². The Morgan fingerprint density at radius 2 is 1.71 bits per heavy atom. The van der Waals surface area contributed by atoms with Gasteiger partial charge in [0.2, 0.25) is 0 Å². The summed E-state index contributed by atoms with van der Waals surface area (Å²) in [4.78, 5) is 25.3. The van der Waals surface area contributed by atoms with Crippen LogP contribution in [0.4, 0.5) is 0 Å². The van der Waals surface area contributed by atoms with Crippen molar-refractivity contribution >= 4 is 11.8 Å². The molecule has 4 rings (SSSR count). The molecule has 0 saturated heterocycles. The summed E-state index contributed by atoms with van der Waals surface area (Å²) in [5.41, 5.74) is -1.84. The van der Waals surface area contributed by atoms with Gasteiger partial charge in [-0.1, -0.05) is 27.4 Å². The number of ketones is 1. The number of carbonyl (C=O) groups excluding carboxylic acids is 2. The molecule has 4 aliphatic carbocycles. The average Bonchev–Trinajstić information content (AvgIpc) is 2.73. The van der Waals surface area contributed by atoms with E-state index in [0.29, 0.717) is 24.8 Å². The highest BCUT2D eigenvalue weighted by Gasteiger charge is 2.74. The third-order valence-electron chi connectivity index (χ3n) is 8.77. The minimum atomic E-state index is -0.909. The number of rotatable bonds is 1. The first-order valence-corrected chi connectivity index (χ1v) is 10.3. The number of aliphatic hydroxyl groups excluding tert-OH is 3. The molecule has 0 aromatic carbocycles. The van der Waals surface area contributed by atoms with Gasteiger partial charge in [0.05, 0.1) is 18.3 Å². The van der Waals surface area contributed by atoms with E-state index in [-0.39, 0.29) is 24.0 Å². The normalized spacial score (nSPS) is 52.0. The standard InChI is InChI=1S/C22H32O6/c1-10-12-6-13(24)17-21(5)16(26)7-15(25)20(3,4)18(21)14(28-11(2)23)9-22(17,8-12)19(10)27/h12-18,24-26H,1,6-9H2,2-5H3/t12-,13+,14+,15+,16+,17+,18-,21+,22+/m1/s1. The number of ether oxygens (including phenoxy) is 1. The van der Waals surface area contributed by atoms with E-state index < -0.39 is 52.5 Å². The molecule has 9 atom stereocenters. The molecule has 6 heteroatoms. The second kappa shape index (κ2) is 5.89. The van der Waals surface area contributed by atoms with Crippen molar-refractivity contribution in [2.45, 2.75) is 77.8 Å². The second-order valence-electron chi connectivity index (χ2n) is 10.5. The smallest absolute Gasteiger partial charge is 0.302 e. The van der Waals surface area contributed by atoms with E-state index in [2.05, 4.69) is 6.58 Å². The number of hydrogen-bond acceptors (Lipinski definition) is 6. The van der Waals surface area contributed by atoms with E-state index in [0.717, 1.165) is 0 Å². The molecule has 0 radical (unpaired) electrons. The summed E-state index contributed by atoms with van der Waals surface area (Å²) >= 11 is 0. The van der Waals surface area contributed by atoms with Gasteiger partial charge in [-0.3, -0.25) is 9.59 Å². The van der Waals surface area contributed by atoms with Crippen molar-refractivity contribution in [3.63, 3.8) is 0 Å². The van der Waals surface area contributed by atoms with Crippen molar-refractivity contribution in [2.75, 3.05) is 0 Å². The zero-order valence-corrected chi connectivity index (χ0v) is 17.1. The molecule has 0 aromatic rings. The van der Waals surface area contributed by atoms with E-state index >= 15 is 0 Å². The Labute approximate surface area is 166 Å². The lowest BCUT2D eigenvalue weighted by molar-refractivity contribution is -0.277. The van der Waals surface area contributed by atoms with Crippen molar-refractivity contribution < 1.29 is 29.6 Å². The SMILES string of the molecule is C=C1C(=O)[C@]23C[C@H]1C[C@H](O)[C@H]2[C@@]1(C)[C@H]([C@@H](OC(C)=O)C3)C(C)(C)[C@@H](O)C[C@@H]1O. The molecule has 3 N–H and O–H groups in total. The Morgan fingerprint density at radius 3 is 2.32 bits per heavy atom.